The molecule has 0 aliphatic heterocycles. The van der Waals surface area contributed by atoms with Gasteiger partial charge >= 0.3 is 0 Å². The van der Waals surface area contributed by atoms with Crippen LogP contribution in [0.25, 0.3) is 0 Å². The van der Waals surface area contributed by atoms with Crippen LogP contribution in [0.2, 0.25) is 0 Å². The highest BCUT2D eigenvalue weighted by molar-refractivity contribution is 14.0. The molecule has 2 nitrogen and oxygen atoms in total. The molecule has 0 bridgehead atoms. The van der Waals surface area contributed by atoms with Crippen molar-refractivity contribution < 1.29 is 9.47 Å². The summed E-state index contributed by atoms with van der Waals surface area (Å²) in [6, 6.07) is 4.21. The Morgan fingerprint density at radius 1 is 1.00 bits per heavy atom. The molecule has 1 atom stereocenters. The van der Waals surface area contributed by atoms with Crippen LogP contribution >= 0.6 is 44.6 Å². The van der Waals surface area contributed by atoms with Gasteiger partial charge in [-0.05, 0) is 44.3 Å². The molecule has 1 aromatic heterocycles. The highest BCUT2D eigenvalue weighted by atomic mass is 127. The minimum absolute atomic E-state index is 0. The van der Waals surface area contributed by atoms with Crippen molar-refractivity contribution in [1.29, 1.82) is 0 Å². The Bertz CT molecular complexity index is 342. The minimum Gasteiger partial charge on any atom is -0.350 e. The summed E-state index contributed by atoms with van der Waals surface area (Å²) in [4.78, 5) is 1.44. The van der Waals surface area contributed by atoms with Crippen molar-refractivity contribution in [1.82, 2.24) is 0 Å². The third-order valence-electron chi connectivity index (χ3n) is 3.96. The Morgan fingerprint density at radius 3 is 1.87 bits per heavy atom. The van der Waals surface area contributed by atoms with Crippen LogP contribution in [0.3, 0.4) is 0 Å². The van der Waals surface area contributed by atoms with Gasteiger partial charge < -0.3 is 9.47 Å². The number of thiophene rings is 1. The van der Waals surface area contributed by atoms with Gasteiger partial charge in [0, 0.05) is 30.9 Å². The largest absolute Gasteiger partial charge is 0.350 e. The maximum atomic E-state index is 5.88. The van der Waals surface area contributed by atoms with Crippen molar-refractivity contribution in [3.8, 4) is 0 Å². The van der Waals surface area contributed by atoms with Gasteiger partial charge in [-0.2, -0.15) is 0 Å². The molecular formula is C18H34IO2PS. The molecular weight excluding hydrogens is 438 g/mol. The second-order valence-electron chi connectivity index (χ2n) is 5.68. The van der Waals surface area contributed by atoms with E-state index >= 15 is 0 Å². The average Bonchev–Trinajstić information content (AvgIpc) is 3.06. The van der Waals surface area contributed by atoms with Gasteiger partial charge in [-0.15, -0.1) is 44.6 Å². The monoisotopic (exact) mass is 472 g/mol. The van der Waals surface area contributed by atoms with E-state index in [0.29, 0.717) is 0 Å². The summed E-state index contributed by atoms with van der Waals surface area (Å²) in [5.41, 5.74) is 0. The third kappa shape index (κ3) is 10.4. The average molecular weight is 472 g/mol. The van der Waals surface area contributed by atoms with Crippen LogP contribution in [0.15, 0.2) is 17.5 Å². The van der Waals surface area contributed by atoms with E-state index in [4.69, 9.17) is 9.47 Å². The molecule has 23 heavy (non-hydrogen) atoms. The first kappa shape index (κ1) is 23.8. The maximum absolute atomic E-state index is 5.88. The van der Waals surface area contributed by atoms with Crippen LogP contribution in [0.5, 0.6) is 0 Å². The quantitative estimate of drug-likeness (QED) is 0.272. The van der Waals surface area contributed by atoms with Gasteiger partial charge in [0.05, 0.1) is 0 Å². The highest BCUT2D eigenvalue weighted by Crippen LogP contribution is 2.30. The van der Waals surface area contributed by atoms with E-state index in [0.717, 1.165) is 32.2 Å². The van der Waals surface area contributed by atoms with Gasteiger partial charge in [0.25, 0.3) is 0 Å². The summed E-state index contributed by atoms with van der Waals surface area (Å²) in [5, 5.41) is 2.10. The number of ether oxygens (including phenoxy) is 2. The summed E-state index contributed by atoms with van der Waals surface area (Å²) < 4.78 is 11.8. The fourth-order valence-electron chi connectivity index (χ4n) is 2.91. The first-order chi connectivity index (χ1) is 10.8. The lowest BCUT2D eigenvalue weighted by atomic mass is 10.0. The van der Waals surface area contributed by atoms with E-state index in [-0.39, 0.29) is 29.8 Å². The van der Waals surface area contributed by atoms with Crippen molar-refractivity contribution >= 4 is 44.6 Å². The fraction of sp³-hybridized carbons (Fsp3) is 0.778. The lowest BCUT2D eigenvalue weighted by Gasteiger charge is -2.33. The molecule has 5 heteroatoms. The predicted octanol–water partition coefficient (Wildman–Crippen LogP) is 6.63. The molecule has 0 aromatic carbocycles. The first-order valence-corrected chi connectivity index (χ1v) is 10.5. The van der Waals surface area contributed by atoms with Gasteiger partial charge in [-0.25, -0.2) is 0 Å². The molecule has 1 heterocycles. The van der Waals surface area contributed by atoms with Gasteiger partial charge in [0.15, 0.2) is 5.79 Å². The zero-order valence-electron chi connectivity index (χ0n) is 14.7. The van der Waals surface area contributed by atoms with Crippen LogP contribution in [-0.4, -0.2) is 19.0 Å². The topological polar surface area (TPSA) is 18.5 Å². The molecule has 136 valence electrons. The van der Waals surface area contributed by atoms with Crippen molar-refractivity contribution in [2.45, 2.75) is 77.2 Å². The second kappa shape index (κ2) is 15.1. The number of hydrogen-bond acceptors (Lipinski definition) is 3. The molecule has 1 aliphatic rings. The van der Waals surface area contributed by atoms with E-state index in [9.17, 15) is 0 Å². The van der Waals surface area contributed by atoms with Crippen molar-refractivity contribution in [2.75, 3.05) is 13.2 Å². The summed E-state index contributed by atoms with van der Waals surface area (Å²) in [7, 11) is 2.69. The zero-order valence-corrected chi connectivity index (χ0v) is 19.0. The molecule has 2 rings (SSSR count). The second-order valence-corrected chi connectivity index (χ2v) is 7.12. The van der Waals surface area contributed by atoms with Crippen molar-refractivity contribution in [3.05, 3.63) is 22.4 Å². The van der Waals surface area contributed by atoms with Crippen LogP contribution < -0.4 is 0 Å². The van der Waals surface area contributed by atoms with Crippen LogP contribution in [0, 0.1) is 0 Å². The Morgan fingerprint density at radius 2 is 1.52 bits per heavy atom. The van der Waals surface area contributed by atoms with E-state index in [1.54, 1.807) is 11.3 Å². The van der Waals surface area contributed by atoms with Gasteiger partial charge in [0.2, 0.25) is 0 Å². The predicted molar refractivity (Wildman–Crippen MR) is 116 cm³/mol. The number of rotatable bonds is 5. The standard InChI is InChI=1S/C13H26O2.C5H7PS.HI/c1-3-14-13(15-4-2)11-9-7-5-6-8-10-12-13;6-4-5-2-1-3-7-5;/h3-12H2,1-2H3;1-3H,4,6H2;1H. The van der Waals surface area contributed by atoms with Crippen LogP contribution in [-0.2, 0) is 15.6 Å². The van der Waals surface area contributed by atoms with Gasteiger partial charge in [0.1, 0.15) is 0 Å². The SMILES string of the molecule is CCOC1(OCC)CCCCCCCC1.I.PCc1cccs1. The maximum Gasteiger partial charge on any atom is 0.168 e. The molecule has 1 unspecified atom stereocenters. The Labute approximate surface area is 166 Å². The highest BCUT2D eigenvalue weighted by Gasteiger charge is 2.30. The minimum atomic E-state index is -0.256. The van der Waals surface area contributed by atoms with Gasteiger partial charge in [-0.1, -0.05) is 31.7 Å². The molecule has 0 spiro atoms. The molecule has 1 aromatic rings. The third-order valence-corrected chi connectivity index (χ3v) is 5.60. The summed E-state index contributed by atoms with van der Waals surface area (Å²) in [5.74, 6) is -0.256. The summed E-state index contributed by atoms with van der Waals surface area (Å²) >= 11 is 1.80. The Hall–Kier alpha value is 0.780. The Kier molecular flexibility index (Phi) is 15.6. The zero-order chi connectivity index (χ0) is 16.1. The fourth-order valence-corrected chi connectivity index (χ4v) is 3.92. The van der Waals surface area contributed by atoms with E-state index in [1.807, 2.05) is 0 Å². The molecule has 0 N–H and O–H groups in total. The first-order valence-electron chi connectivity index (χ1n) is 8.76. The molecule has 1 aliphatic carbocycles. The van der Waals surface area contributed by atoms with Crippen molar-refractivity contribution in [2.24, 2.45) is 0 Å². The lowest BCUT2D eigenvalue weighted by molar-refractivity contribution is -0.241. The number of hydrogen-bond donors (Lipinski definition) is 0. The van der Waals surface area contributed by atoms with E-state index in [2.05, 4.69) is 40.6 Å². The van der Waals surface area contributed by atoms with E-state index < -0.39 is 0 Å². The van der Waals surface area contributed by atoms with Crippen molar-refractivity contribution in [3.63, 3.8) is 0 Å². The lowest BCUT2D eigenvalue weighted by Crippen LogP contribution is -2.36. The summed E-state index contributed by atoms with van der Waals surface area (Å²) in [6.45, 7) is 5.65. The van der Waals surface area contributed by atoms with Crippen LogP contribution in [0.4, 0.5) is 0 Å². The van der Waals surface area contributed by atoms with Gasteiger partial charge in [-0.3, -0.25) is 0 Å². The molecule has 0 amide bonds. The molecule has 1 fully saturated rings. The summed E-state index contributed by atoms with van der Waals surface area (Å²) in [6.07, 6.45) is 11.2. The van der Waals surface area contributed by atoms with Crippen LogP contribution in [0.1, 0.15) is 70.1 Å². The molecule has 0 radical (unpaired) electrons. The van der Waals surface area contributed by atoms with E-state index in [1.165, 1.54) is 43.4 Å². The number of halogens is 1. The molecule has 0 saturated heterocycles. The smallest absolute Gasteiger partial charge is 0.168 e. The Balaban J connectivity index is 0.000000509. The molecule has 1 saturated carbocycles. The normalized spacial score (nSPS) is 17.7.